The van der Waals surface area contributed by atoms with Crippen molar-refractivity contribution in [3.05, 3.63) is 36.5 Å². The van der Waals surface area contributed by atoms with Crippen molar-refractivity contribution < 1.29 is 0 Å². The number of hydrogen-bond acceptors (Lipinski definition) is 0. The van der Waals surface area contributed by atoms with E-state index >= 15 is 0 Å². The number of hydrogen-bond donors (Lipinski definition) is 0. The second kappa shape index (κ2) is 11.6. The summed E-state index contributed by atoms with van der Waals surface area (Å²) in [7, 11) is 0. The zero-order valence-electron chi connectivity index (χ0n) is 21.7. The van der Waals surface area contributed by atoms with Crippen LogP contribution in [-0.4, -0.2) is 0 Å². The van der Waals surface area contributed by atoms with E-state index in [4.69, 9.17) is 0 Å². The summed E-state index contributed by atoms with van der Waals surface area (Å²) in [4.78, 5) is 0. The molecule has 7 aliphatic carbocycles. The van der Waals surface area contributed by atoms with Gasteiger partial charge in [0.25, 0.3) is 0 Å². The zero-order chi connectivity index (χ0) is 22.5. The van der Waals surface area contributed by atoms with Crippen molar-refractivity contribution in [2.24, 2.45) is 59.2 Å². The minimum absolute atomic E-state index is 0.907. The van der Waals surface area contributed by atoms with Crippen LogP contribution in [0.4, 0.5) is 0 Å². The summed E-state index contributed by atoms with van der Waals surface area (Å²) in [5.41, 5.74) is 0. The minimum Gasteiger partial charge on any atom is -0.0914 e. The van der Waals surface area contributed by atoms with E-state index in [-0.39, 0.29) is 0 Å². The fourth-order valence-corrected chi connectivity index (χ4v) is 8.00. The van der Waals surface area contributed by atoms with Crippen LogP contribution < -0.4 is 0 Å². The summed E-state index contributed by atoms with van der Waals surface area (Å²) in [5, 5.41) is 0. The average molecular weight is 437 g/mol. The molecule has 10 unspecified atom stereocenters. The Morgan fingerprint density at radius 3 is 1.22 bits per heavy atom. The van der Waals surface area contributed by atoms with Gasteiger partial charge in [0.1, 0.15) is 0 Å². The first-order chi connectivity index (χ1) is 15.5. The van der Waals surface area contributed by atoms with E-state index in [1.54, 1.807) is 6.42 Å². The summed E-state index contributed by atoms with van der Waals surface area (Å²) >= 11 is 0. The Balaban J connectivity index is 0.000000103. The van der Waals surface area contributed by atoms with Crippen LogP contribution in [0.15, 0.2) is 36.5 Å². The predicted molar refractivity (Wildman–Crippen MR) is 140 cm³/mol. The second-order valence-corrected chi connectivity index (χ2v) is 12.7. The SMILES string of the molecule is C/C=C/C1CCC(C)C1.C1=CC2CCC1C2.C1=CC2CCC1C2.CC1C2CCC(C2)C1C. The van der Waals surface area contributed by atoms with Gasteiger partial charge in [0.2, 0.25) is 0 Å². The normalized spacial score (nSPS) is 46.1. The highest BCUT2D eigenvalue weighted by molar-refractivity contribution is 5.07. The molecule has 0 aliphatic heterocycles. The molecule has 0 spiro atoms. The van der Waals surface area contributed by atoms with Gasteiger partial charge < -0.3 is 0 Å². The highest BCUT2D eigenvalue weighted by Gasteiger charge is 2.42. The van der Waals surface area contributed by atoms with Gasteiger partial charge in [-0.05, 0) is 137 Å². The molecule has 0 nitrogen and oxygen atoms in total. The van der Waals surface area contributed by atoms with Gasteiger partial charge in [-0.15, -0.1) is 0 Å². The number of rotatable bonds is 1. The Hall–Kier alpha value is -0.780. The molecule has 0 radical (unpaired) electrons. The van der Waals surface area contributed by atoms with Crippen molar-refractivity contribution in [2.45, 2.75) is 105 Å². The first-order valence-corrected chi connectivity index (χ1v) is 14.5. The van der Waals surface area contributed by atoms with E-state index in [1.165, 1.54) is 70.6 Å². The van der Waals surface area contributed by atoms with Crippen LogP contribution in [0.25, 0.3) is 0 Å². The second-order valence-electron chi connectivity index (χ2n) is 12.7. The lowest BCUT2D eigenvalue weighted by atomic mass is 9.82. The Morgan fingerprint density at radius 2 is 1.00 bits per heavy atom. The van der Waals surface area contributed by atoms with Gasteiger partial charge in [0.05, 0.1) is 0 Å². The molecule has 0 aromatic carbocycles. The zero-order valence-corrected chi connectivity index (χ0v) is 21.7. The van der Waals surface area contributed by atoms with E-state index < -0.39 is 0 Å². The molecule has 0 aromatic rings. The molecular weight excluding hydrogens is 384 g/mol. The Bertz CT molecular complexity index is 583. The Kier molecular flexibility index (Phi) is 8.80. The molecule has 0 aromatic heterocycles. The lowest BCUT2D eigenvalue weighted by Gasteiger charge is -2.24. The molecule has 5 fully saturated rings. The molecule has 180 valence electrons. The van der Waals surface area contributed by atoms with Gasteiger partial charge in [-0.3, -0.25) is 0 Å². The molecule has 5 saturated carbocycles. The predicted octanol–water partition coefficient (Wildman–Crippen LogP) is 9.63. The molecule has 0 heterocycles. The Morgan fingerprint density at radius 1 is 0.531 bits per heavy atom. The summed E-state index contributed by atoms with van der Waals surface area (Å²) in [6, 6.07) is 0. The summed E-state index contributed by atoms with van der Waals surface area (Å²) in [6.07, 6.45) is 31.8. The van der Waals surface area contributed by atoms with Crippen LogP contribution >= 0.6 is 0 Å². The van der Waals surface area contributed by atoms with Crippen LogP contribution in [0.3, 0.4) is 0 Å². The quantitative estimate of drug-likeness (QED) is 0.359. The lowest BCUT2D eigenvalue weighted by Crippen LogP contribution is -2.15. The fourth-order valence-electron chi connectivity index (χ4n) is 8.00. The molecular formula is C32H52. The topological polar surface area (TPSA) is 0 Å². The molecule has 0 N–H and O–H groups in total. The van der Waals surface area contributed by atoms with Crippen molar-refractivity contribution in [2.75, 3.05) is 0 Å². The average Bonchev–Trinajstić information content (AvgIpc) is 3.64. The largest absolute Gasteiger partial charge is 0.0914 e. The van der Waals surface area contributed by atoms with Gasteiger partial charge in [-0.25, -0.2) is 0 Å². The van der Waals surface area contributed by atoms with Crippen LogP contribution in [-0.2, 0) is 0 Å². The third kappa shape index (κ3) is 6.42. The van der Waals surface area contributed by atoms with Gasteiger partial charge >= 0.3 is 0 Å². The van der Waals surface area contributed by atoms with Crippen molar-refractivity contribution >= 4 is 0 Å². The maximum Gasteiger partial charge on any atom is -0.0228 e. The van der Waals surface area contributed by atoms with Crippen molar-refractivity contribution in [1.82, 2.24) is 0 Å². The van der Waals surface area contributed by atoms with E-state index in [0.29, 0.717) is 0 Å². The highest BCUT2D eigenvalue weighted by atomic mass is 14.5. The molecule has 0 heteroatoms. The highest BCUT2D eigenvalue weighted by Crippen LogP contribution is 2.51. The third-order valence-electron chi connectivity index (χ3n) is 10.4. The van der Waals surface area contributed by atoms with E-state index in [1.807, 2.05) is 0 Å². The lowest BCUT2D eigenvalue weighted by molar-refractivity contribution is 0.259. The number of allylic oxidation sites excluding steroid dienone is 6. The molecule has 7 aliphatic rings. The van der Waals surface area contributed by atoms with Crippen LogP contribution in [0.1, 0.15) is 105 Å². The molecule has 0 amide bonds. The van der Waals surface area contributed by atoms with Crippen molar-refractivity contribution in [3.63, 3.8) is 0 Å². The number of fused-ring (bicyclic) bond motifs is 6. The molecule has 0 saturated heterocycles. The molecule has 6 bridgehead atoms. The molecule has 7 rings (SSSR count). The summed E-state index contributed by atoms with van der Waals surface area (Å²) in [5.74, 6) is 10.2. The summed E-state index contributed by atoms with van der Waals surface area (Å²) in [6.45, 7) is 9.34. The van der Waals surface area contributed by atoms with Crippen LogP contribution in [0.2, 0.25) is 0 Å². The smallest absolute Gasteiger partial charge is 0.0228 e. The maximum absolute atomic E-state index is 2.44. The van der Waals surface area contributed by atoms with Crippen molar-refractivity contribution in [3.8, 4) is 0 Å². The minimum atomic E-state index is 0.907. The monoisotopic (exact) mass is 436 g/mol. The summed E-state index contributed by atoms with van der Waals surface area (Å²) < 4.78 is 0. The van der Waals surface area contributed by atoms with E-state index in [9.17, 15) is 0 Å². The van der Waals surface area contributed by atoms with Gasteiger partial charge in [0, 0.05) is 0 Å². The first kappa shape index (κ1) is 24.3. The first-order valence-electron chi connectivity index (χ1n) is 14.5. The van der Waals surface area contributed by atoms with Crippen LogP contribution in [0.5, 0.6) is 0 Å². The van der Waals surface area contributed by atoms with E-state index in [0.717, 1.165) is 59.2 Å². The third-order valence-corrected chi connectivity index (χ3v) is 10.4. The molecule has 32 heavy (non-hydrogen) atoms. The van der Waals surface area contributed by atoms with Gasteiger partial charge in [-0.2, -0.15) is 0 Å². The fraction of sp³-hybridized carbons (Fsp3) is 0.812. The standard InChI is InChI=1S/2C9H16.2C7H10/c1-6-7(2)9-4-3-8(6)5-9;1-3-4-9-6-5-8(2)7-9;2*1-2-7-4-3-6(1)5-7/h6-9H,3-5H2,1-2H3;3-4,8-9H,5-7H2,1-2H3;2*1-2,6-7H,3-5H2/b;4-3+;;. The van der Waals surface area contributed by atoms with Crippen LogP contribution in [0, 0.1) is 59.2 Å². The van der Waals surface area contributed by atoms with Gasteiger partial charge in [0.15, 0.2) is 0 Å². The Labute approximate surface area is 200 Å². The maximum atomic E-state index is 2.44. The molecule has 10 atom stereocenters. The van der Waals surface area contributed by atoms with Gasteiger partial charge in [-0.1, -0.05) is 63.6 Å². The van der Waals surface area contributed by atoms with E-state index in [2.05, 4.69) is 64.2 Å². The van der Waals surface area contributed by atoms with Crippen molar-refractivity contribution in [1.29, 1.82) is 0 Å².